The first-order valence-electron chi connectivity index (χ1n) is 7.95. The molecule has 1 saturated heterocycles. The van der Waals surface area contributed by atoms with Crippen molar-refractivity contribution < 1.29 is 14.3 Å². The zero-order chi connectivity index (χ0) is 15.8. The van der Waals surface area contributed by atoms with E-state index < -0.39 is 0 Å². The van der Waals surface area contributed by atoms with Gasteiger partial charge in [0.25, 0.3) is 0 Å². The molecule has 1 aliphatic heterocycles. The molecule has 1 aliphatic rings. The zero-order valence-electron chi connectivity index (χ0n) is 13.3. The molecule has 1 fully saturated rings. The van der Waals surface area contributed by atoms with Gasteiger partial charge in [0, 0.05) is 18.7 Å². The van der Waals surface area contributed by atoms with Gasteiger partial charge in [-0.1, -0.05) is 30.9 Å². The highest BCUT2D eigenvalue weighted by molar-refractivity contribution is 5.72. The highest BCUT2D eigenvalue weighted by Gasteiger charge is 2.27. The fourth-order valence-corrected chi connectivity index (χ4v) is 2.82. The van der Waals surface area contributed by atoms with Crippen molar-refractivity contribution in [1.29, 1.82) is 0 Å². The summed E-state index contributed by atoms with van der Waals surface area (Å²) in [6.45, 7) is 9.05. The van der Waals surface area contributed by atoms with Gasteiger partial charge in [0.1, 0.15) is 12.4 Å². The Labute approximate surface area is 132 Å². The fraction of sp³-hybridized carbons (Fsp3) is 0.500. The van der Waals surface area contributed by atoms with Gasteiger partial charge in [-0.25, -0.2) is 0 Å². The molecule has 0 bridgehead atoms. The van der Waals surface area contributed by atoms with Crippen molar-refractivity contribution in [2.24, 2.45) is 5.92 Å². The lowest BCUT2D eigenvalue weighted by atomic mass is 9.97. The monoisotopic (exact) mass is 303 g/mol. The average Bonchev–Trinajstić information content (AvgIpc) is 2.54. The number of hydrogen-bond donors (Lipinski definition) is 0. The van der Waals surface area contributed by atoms with Crippen molar-refractivity contribution in [2.75, 3.05) is 26.3 Å². The number of piperidine rings is 1. The Morgan fingerprint density at radius 2 is 2.27 bits per heavy atom. The Kier molecular flexibility index (Phi) is 6.46. The van der Waals surface area contributed by atoms with Crippen molar-refractivity contribution >= 4 is 5.97 Å². The van der Waals surface area contributed by atoms with Crippen LogP contribution < -0.4 is 4.74 Å². The Morgan fingerprint density at radius 1 is 1.45 bits per heavy atom. The van der Waals surface area contributed by atoms with Crippen molar-refractivity contribution in [1.82, 2.24) is 4.90 Å². The average molecular weight is 303 g/mol. The topological polar surface area (TPSA) is 38.8 Å². The molecule has 1 aromatic carbocycles. The normalized spacial score (nSPS) is 18.7. The second-order valence-corrected chi connectivity index (χ2v) is 5.53. The van der Waals surface area contributed by atoms with E-state index in [4.69, 9.17) is 9.47 Å². The first-order chi connectivity index (χ1) is 10.7. The number of para-hydroxylation sites is 1. The summed E-state index contributed by atoms with van der Waals surface area (Å²) in [5.41, 5.74) is 1.15. The molecule has 2 rings (SSSR count). The summed E-state index contributed by atoms with van der Waals surface area (Å²) in [5, 5.41) is 0. The summed E-state index contributed by atoms with van der Waals surface area (Å²) >= 11 is 0. The highest BCUT2D eigenvalue weighted by Crippen LogP contribution is 2.24. The van der Waals surface area contributed by atoms with E-state index in [0.717, 1.165) is 43.8 Å². The smallest absolute Gasteiger partial charge is 0.310 e. The van der Waals surface area contributed by atoms with E-state index in [-0.39, 0.29) is 11.9 Å². The number of nitrogens with zero attached hydrogens (tertiary/aromatic N) is 1. The standard InChI is InChI=1S/C18H25NO3/c1-3-12-22-17-10-6-5-8-15(17)13-19-11-7-9-16(14-19)18(20)21-4-2/h3,5-6,8,10,16H,1,4,7,9,11-14H2,2H3/t16-/m1/s1. The molecule has 0 radical (unpaired) electrons. The van der Waals surface area contributed by atoms with Crippen molar-refractivity contribution in [3.63, 3.8) is 0 Å². The maximum absolute atomic E-state index is 11.9. The summed E-state index contributed by atoms with van der Waals surface area (Å²) in [6.07, 6.45) is 3.69. The third-order valence-corrected chi connectivity index (χ3v) is 3.85. The third-order valence-electron chi connectivity index (χ3n) is 3.85. The number of carbonyl (C=O) groups is 1. The van der Waals surface area contributed by atoms with Crippen LogP contribution in [0, 0.1) is 5.92 Å². The van der Waals surface area contributed by atoms with Gasteiger partial charge in [0.15, 0.2) is 0 Å². The molecule has 1 atom stereocenters. The van der Waals surface area contributed by atoms with Crippen molar-refractivity contribution in [3.8, 4) is 5.75 Å². The van der Waals surface area contributed by atoms with Gasteiger partial charge >= 0.3 is 5.97 Å². The lowest BCUT2D eigenvalue weighted by Crippen LogP contribution is -2.39. The molecule has 0 amide bonds. The minimum atomic E-state index is -0.0663. The van der Waals surface area contributed by atoms with Crippen LogP contribution in [0.1, 0.15) is 25.3 Å². The van der Waals surface area contributed by atoms with Gasteiger partial charge in [-0.15, -0.1) is 0 Å². The molecular weight excluding hydrogens is 278 g/mol. The first kappa shape index (κ1) is 16.6. The number of likely N-dealkylation sites (tertiary alicyclic amines) is 1. The number of rotatable bonds is 7. The fourth-order valence-electron chi connectivity index (χ4n) is 2.82. The van der Waals surface area contributed by atoms with Gasteiger partial charge in [-0.05, 0) is 32.4 Å². The number of carbonyl (C=O) groups excluding carboxylic acids is 1. The molecule has 0 unspecified atom stereocenters. The van der Waals surface area contributed by atoms with Crippen LogP contribution in [0.2, 0.25) is 0 Å². The Bertz CT molecular complexity index is 501. The van der Waals surface area contributed by atoms with Crippen LogP contribution in [0.4, 0.5) is 0 Å². The Morgan fingerprint density at radius 3 is 3.05 bits per heavy atom. The predicted molar refractivity (Wildman–Crippen MR) is 86.8 cm³/mol. The van der Waals surface area contributed by atoms with E-state index in [1.54, 1.807) is 6.08 Å². The maximum atomic E-state index is 11.9. The molecule has 4 nitrogen and oxygen atoms in total. The minimum Gasteiger partial charge on any atom is -0.489 e. The molecule has 0 aliphatic carbocycles. The van der Waals surface area contributed by atoms with E-state index in [1.165, 1.54) is 0 Å². The van der Waals surface area contributed by atoms with Gasteiger partial charge in [-0.2, -0.15) is 0 Å². The van der Waals surface area contributed by atoms with Crippen LogP contribution in [0.3, 0.4) is 0 Å². The quantitative estimate of drug-likeness (QED) is 0.573. The number of benzene rings is 1. The number of esters is 1. The molecule has 0 aromatic heterocycles. The molecule has 0 N–H and O–H groups in total. The minimum absolute atomic E-state index is 0.00467. The van der Waals surface area contributed by atoms with Gasteiger partial charge in [0.2, 0.25) is 0 Å². The predicted octanol–water partition coefficient (Wildman–Crippen LogP) is 3.03. The van der Waals surface area contributed by atoms with Crippen molar-refractivity contribution in [3.05, 3.63) is 42.5 Å². The van der Waals surface area contributed by atoms with E-state index in [0.29, 0.717) is 13.2 Å². The van der Waals surface area contributed by atoms with Crippen molar-refractivity contribution in [2.45, 2.75) is 26.3 Å². The van der Waals surface area contributed by atoms with Crippen LogP contribution in [0.15, 0.2) is 36.9 Å². The van der Waals surface area contributed by atoms with Crippen LogP contribution in [-0.2, 0) is 16.1 Å². The molecule has 0 spiro atoms. The maximum Gasteiger partial charge on any atom is 0.310 e. The summed E-state index contributed by atoms with van der Waals surface area (Å²) < 4.78 is 10.9. The molecule has 120 valence electrons. The second-order valence-electron chi connectivity index (χ2n) is 5.53. The second kappa shape index (κ2) is 8.59. The van der Waals surface area contributed by atoms with Gasteiger partial charge in [0.05, 0.1) is 12.5 Å². The van der Waals surface area contributed by atoms with Crippen LogP contribution in [0.5, 0.6) is 5.75 Å². The summed E-state index contributed by atoms with van der Waals surface area (Å²) in [7, 11) is 0. The van der Waals surface area contributed by atoms with E-state index in [9.17, 15) is 4.79 Å². The van der Waals surface area contributed by atoms with E-state index in [1.807, 2.05) is 25.1 Å². The van der Waals surface area contributed by atoms with Gasteiger partial charge < -0.3 is 9.47 Å². The first-order valence-corrected chi connectivity index (χ1v) is 7.95. The third kappa shape index (κ3) is 4.60. The summed E-state index contributed by atoms with van der Waals surface area (Å²) in [6, 6.07) is 8.04. The van der Waals surface area contributed by atoms with Gasteiger partial charge in [-0.3, -0.25) is 9.69 Å². The Hall–Kier alpha value is -1.81. The number of ether oxygens (including phenoxy) is 2. The summed E-state index contributed by atoms with van der Waals surface area (Å²) in [4.78, 5) is 14.2. The van der Waals surface area contributed by atoms with Crippen LogP contribution >= 0.6 is 0 Å². The highest BCUT2D eigenvalue weighted by atomic mass is 16.5. The lowest BCUT2D eigenvalue weighted by molar-refractivity contribution is -0.150. The SMILES string of the molecule is C=CCOc1ccccc1CN1CCC[C@@H](C(=O)OCC)C1. The molecule has 0 saturated carbocycles. The largest absolute Gasteiger partial charge is 0.489 e. The molecule has 1 aromatic rings. The lowest BCUT2D eigenvalue weighted by Gasteiger charge is -2.31. The van der Waals surface area contributed by atoms with Crippen LogP contribution in [-0.4, -0.2) is 37.2 Å². The van der Waals surface area contributed by atoms with E-state index >= 15 is 0 Å². The molecule has 4 heteroatoms. The summed E-state index contributed by atoms with van der Waals surface area (Å²) in [5.74, 6) is 0.819. The molecule has 1 heterocycles. The molecular formula is C18H25NO3. The Balaban J connectivity index is 1.98. The zero-order valence-corrected chi connectivity index (χ0v) is 13.3. The van der Waals surface area contributed by atoms with Crippen LogP contribution in [0.25, 0.3) is 0 Å². The van der Waals surface area contributed by atoms with E-state index in [2.05, 4.69) is 17.5 Å². The number of hydrogen-bond acceptors (Lipinski definition) is 4. The molecule has 22 heavy (non-hydrogen) atoms.